The molecule has 1 aliphatic heterocycles. The molecule has 0 bridgehead atoms. The Hall–Kier alpha value is -0.770. The third-order valence-electron chi connectivity index (χ3n) is 2.60. The second-order valence-corrected chi connectivity index (χ2v) is 5.15. The van der Waals surface area contributed by atoms with Gasteiger partial charge in [-0.15, -0.1) is 0 Å². The first-order chi connectivity index (χ1) is 6.85. The van der Waals surface area contributed by atoms with Gasteiger partial charge in [0, 0.05) is 6.04 Å². The van der Waals surface area contributed by atoms with Gasteiger partial charge in [-0.3, -0.25) is 0 Å². The van der Waals surface area contributed by atoms with Gasteiger partial charge in [-0.05, 0) is 40.5 Å². The highest BCUT2D eigenvalue weighted by Gasteiger charge is 2.36. The number of carbonyl (C=O) groups excluding carboxylic acids is 1. The van der Waals surface area contributed by atoms with Gasteiger partial charge in [0.2, 0.25) is 0 Å². The minimum absolute atomic E-state index is 0.0174. The molecule has 1 fully saturated rings. The van der Waals surface area contributed by atoms with Crippen LogP contribution in [0.5, 0.6) is 0 Å². The number of likely N-dealkylation sites (tertiary alicyclic amines) is 1. The molecule has 0 aliphatic carbocycles. The van der Waals surface area contributed by atoms with Crippen molar-refractivity contribution < 1.29 is 14.6 Å². The molecule has 1 saturated heterocycles. The predicted octanol–water partition coefficient (Wildman–Crippen LogP) is 1.77. The van der Waals surface area contributed by atoms with Crippen molar-refractivity contribution in [3.05, 3.63) is 0 Å². The van der Waals surface area contributed by atoms with E-state index in [0.717, 1.165) is 12.8 Å². The zero-order valence-electron chi connectivity index (χ0n) is 9.99. The Bertz CT molecular complexity index is 234. The normalized spacial score (nSPS) is 26.9. The molecule has 4 nitrogen and oxygen atoms in total. The SMILES string of the molecule is C[C@H]1CC[C@H](CO)N1C(=O)OC(C)(C)C. The van der Waals surface area contributed by atoms with Crippen molar-refractivity contribution in [2.45, 2.75) is 58.2 Å². The molecule has 88 valence electrons. The van der Waals surface area contributed by atoms with E-state index in [0.29, 0.717) is 0 Å². The third kappa shape index (κ3) is 3.09. The Morgan fingerprint density at radius 2 is 2.07 bits per heavy atom. The van der Waals surface area contributed by atoms with Crippen LogP contribution in [-0.4, -0.2) is 40.4 Å². The van der Waals surface area contributed by atoms with Crippen LogP contribution >= 0.6 is 0 Å². The first kappa shape index (κ1) is 12.3. The summed E-state index contributed by atoms with van der Waals surface area (Å²) in [6.07, 6.45) is 1.48. The van der Waals surface area contributed by atoms with E-state index in [9.17, 15) is 4.79 Å². The van der Waals surface area contributed by atoms with Gasteiger partial charge in [-0.1, -0.05) is 0 Å². The molecule has 0 spiro atoms. The highest BCUT2D eigenvalue weighted by Crippen LogP contribution is 2.25. The van der Waals surface area contributed by atoms with Gasteiger partial charge < -0.3 is 14.7 Å². The Kier molecular flexibility index (Phi) is 3.60. The van der Waals surface area contributed by atoms with Gasteiger partial charge in [-0.2, -0.15) is 0 Å². The van der Waals surface area contributed by atoms with Crippen molar-refractivity contribution in [2.24, 2.45) is 0 Å². The van der Waals surface area contributed by atoms with E-state index < -0.39 is 5.60 Å². The lowest BCUT2D eigenvalue weighted by atomic mass is 10.2. The van der Waals surface area contributed by atoms with Crippen molar-refractivity contribution >= 4 is 6.09 Å². The summed E-state index contributed by atoms with van der Waals surface area (Å²) in [7, 11) is 0. The maximum absolute atomic E-state index is 11.8. The maximum Gasteiger partial charge on any atom is 0.410 e. The van der Waals surface area contributed by atoms with E-state index in [1.807, 2.05) is 27.7 Å². The van der Waals surface area contributed by atoms with Gasteiger partial charge in [0.25, 0.3) is 0 Å². The lowest BCUT2D eigenvalue weighted by Crippen LogP contribution is -2.44. The molecule has 1 aliphatic rings. The summed E-state index contributed by atoms with van der Waals surface area (Å²) in [6, 6.07) is 0.0897. The molecule has 1 heterocycles. The van der Waals surface area contributed by atoms with Gasteiger partial charge in [0.05, 0.1) is 12.6 Å². The zero-order chi connectivity index (χ0) is 11.6. The van der Waals surface area contributed by atoms with Gasteiger partial charge >= 0.3 is 6.09 Å². The van der Waals surface area contributed by atoms with E-state index in [4.69, 9.17) is 9.84 Å². The molecule has 0 saturated carbocycles. The Labute approximate surface area is 91.2 Å². The van der Waals surface area contributed by atoms with Gasteiger partial charge in [0.15, 0.2) is 0 Å². The quantitative estimate of drug-likeness (QED) is 0.725. The molecular weight excluding hydrogens is 194 g/mol. The van der Waals surface area contributed by atoms with Crippen molar-refractivity contribution in [3.63, 3.8) is 0 Å². The number of hydrogen-bond donors (Lipinski definition) is 1. The van der Waals surface area contributed by atoms with Crippen molar-refractivity contribution in [3.8, 4) is 0 Å². The second-order valence-electron chi connectivity index (χ2n) is 5.15. The van der Waals surface area contributed by atoms with E-state index >= 15 is 0 Å². The summed E-state index contributed by atoms with van der Waals surface area (Å²) in [4.78, 5) is 13.5. The van der Waals surface area contributed by atoms with Crippen LogP contribution in [0.2, 0.25) is 0 Å². The van der Waals surface area contributed by atoms with Gasteiger partial charge in [0.1, 0.15) is 5.60 Å². The van der Waals surface area contributed by atoms with E-state index in [1.165, 1.54) is 0 Å². The molecule has 2 atom stereocenters. The van der Waals surface area contributed by atoms with Crippen LogP contribution in [0.25, 0.3) is 0 Å². The highest BCUT2D eigenvalue weighted by atomic mass is 16.6. The average Bonchev–Trinajstić information content (AvgIpc) is 2.43. The molecule has 0 aromatic rings. The van der Waals surface area contributed by atoms with Crippen LogP contribution in [0.15, 0.2) is 0 Å². The number of ether oxygens (including phenoxy) is 1. The fourth-order valence-corrected chi connectivity index (χ4v) is 1.89. The number of rotatable bonds is 1. The largest absolute Gasteiger partial charge is 0.444 e. The second kappa shape index (κ2) is 4.39. The highest BCUT2D eigenvalue weighted by molar-refractivity contribution is 5.69. The van der Waals surface area contributed by atoms with Crippen LogP contribution in [0.4, 0.5) is 4.79 Å². The standard InChI is InChI=1S/C11H21NO3/c1-8-5-6-9(7-13)12(8)10(14)15-11(2,3)4/h8-9,13H,5-7H2,1-4H3/t8-,9+/m0/s1. The molecule has 4 heteroatoms. The summed E-state index contributed by atoms with van der Waals surface area (Å²) in [5.41, 5.74) is -0.473. The fraction of sp³-hybridized carbons (Fsp3) is 0.909. The first-order valence-electron chi connectivity index (χ1n) is 5.47. The third-order valence-corrected chi connectivity index (χ3v) is 2.60. The molecule has 1 N–H and O–H groups in total. The lowest BCUT2D eigenvalue weighted by molar-refractivity contribution is 0.0105. The molecule has 0 unspecified atom stereocenters. The first-order valence-corrected chi connectivity index (χ1v) is 5.47. The summed E-state index contributed by atoms with van der Waals surface area (Å²) in [5, 5.41) is 9.15. The fourth-order valence-electron chi connectivity index (χ4n) is 1.89. The summed E-state index contributed by atoms with van der Waals surface area (Å²) in [5.74, 6) is 0. The number of aliphatic hydroxyl groups is 1. The van der Waals surface area contributed by atoms with Crippen LogP contribution in [-0.2, 0) is 4.74 Å². The predicted molar refractivity (Wildman–Crippen MR) is 57.6 cm³/mol. The molecule has 15 heavy (non-hydrogen) atoms. The Morgan fingerprint density at radius 3 is 2.53 bits per heavy atom. The van der Waals surface area contributed by atoms with Crippen LogP contribution in [0, 0.1) is 0 Å². The topological polar surface area (TPSA) is 49.8 Å². The van der Waals surface area contributed by atoms with E-state index in [-0.39, 0.29) is 24.8 Å². The number of nitrogens with zero attached hydrogens (tertiary/aromatic N) is 1. The number of carbonyl (C=O) groups is 1. The average molecular weight is 215 g/mol. The lowest BCUT2D eigenvalue weighted by Gasteiger charge is -2.30. The molecule has 1 rings (SSSR count). The van der Waals surface area contributed by atoms with E-state index in [1.54, 1.807) is 4.90 Å². The number of aliphatic hydroxyl groups excluding tert-OH is 1. The minimum atomic E-state index is -0.473. The summed E-state index contributed by atoms with van der Waals surface area (Å²) in [6.45, 7) is 7.54. The van der Waals surface area contributed by atoms with Crippen LogP contribution in [0.3, 0.4) is 0 Å². The molecule has 0 aromatic carbocycles. The van der Waals surface area contributed by atoms with Crippen molar-refractivity contribution in [1.29, 1.82) is 0 Å². The smallest absolute Gasteiger partial charge is 0.410 e. The monoisotopic (exact) mass is 215 g/mol. The minimum Gasteiger partial charge on any atom is -0.444 e. The van der Waals surface area contributed by atoms with Crippen LogP contribution < -0.4 is 0 Å². The molecule has 1 amide bonds. The van der Waals surface area contributed by atoms with Gasteiger partial charge in [-0.25, -0.2) is 4.79 Å². The van der Waals surface area contributed by atoms with E-state index in [2.05, 4.69) is 0 Å². The maximum atomic E-state index is 11.8. The Balaban J connectivity index is 2.64. The summed E-state index contributed by atoms with van der Waals surface area (Å²) >= 11 is 0. The number of hydrogen-bond acceptors (Lipinski definition) is 3. The molecular formula is C11H21NO3. The zero-order valence-corrected chi connectivity index (χ0v) is 9.99. The number of amides is 1. The van der Waals surface area contributed by atoms with Crippen LogP contribution in [0.1, 0.15) is 40.5 Å². The molecule has 0 aromatic heterocycles. The Morgan fingerprint density at radius 1 is 1.47 bits per heavy atom. The van der Waals surface area contributed by atoms with Crippen molar-refractivity contribution in [2.75, 3.05) is 6.61 Å². The summed E-state index contributed by atoms with van der Waals surface area (Å²) < 4.78 is 5.30. The van der Waals surface area contributed by atoms with Crippen molar-refractivity contribution in [1.82, 2.24) is 4.90 Å². The molecule has 0 radical (unpaired) electrons.